The predicted molar refractivity (Wildman–Crippen MR) is 62.0 cm³/mol. The molecule has 0 saturated heterocycles. The molecule has 15 heavy (non-hydrogen) atoms. The first-order valence-corrected chi connectivity index (χ1v) is 5.89. The average molecular weight is 222 g/mol. The molecule has 0 spiro atoms. The monoisotopic (exact) mass is 222 g/mol. The van der Waals surface area contributed by atoms with Crippen LogP contribution in [0, 0.1) is 0 Å². The van der Waals surface area contributed by atoms with E-state index in [1.807, 2.05) is 28.8 Å². The zero-order chi connectivity index (χ0) is 10.7. The van der Waals surface area contributed by atoms with Crippen LogP contribution in [0.25, 0.3) is 5.65 Å². The molecule has 0 aromatic carbocycles. The van der Waals surface area contributed by atoms with Crippen LogP contribution in [-0.4, -0.2) is 26.4 Å². The summed E-state index contributed by atoms with van der Waals surface area (Å²) in [6.45, 7) is 2.80. The smallest absolute Gasteiger partial charge is 0.195 e. The molecule has 4 nitrogen and oxygen atoms in total. The second-order valence-corrected chi connectivity index (χ2v) is 4.56. The van der Waals surface area contributed by atoms with E-state index in [-0.39, 0.29) is 0 Å². The highest BCUT2D eigenvalue weighted by Gasteiger charge is 2.11. The number of nitrogens with two attached hydrogens (primary N) is 1. The Labute approximate surface area is 92.9 Å². The van der Waals surface area contributed by atoms with Crippen LogP contribution in [-0.2, 0) is 0 Å². The fourth-order valence-corrected chi connectivity index (χ4v) is 2.26. The lowest BCUT2D eigenvalue weighted by Gasteiger charge is -2.09. The molecule has 80 valence electrons. The van der Waals surface area contributed by atoms with Crippen LogP contribution in [0.5, 0.6) is 0 Å². The second kappa shape index (κ2) is 4.63. The van der Waals surface area contributed by atoms with Gasteiger partial charge in [0, 0.05) is 18.0 Å². The van der Waals surface area contributed by atoms with Crippen LogP contribution in [0.2, 0.25) is 0 Å². The van der Waals surface area contributed by atoms with E-state index in [0.717, 1.165) is 17.2 Å². The molecule has 0 saturated carbocycles. The highest BCUT2D eigenvalue weighted by Crippen LogP contribution is 2.23. The zero-order valence-electron chi connectivity index (χ0n) is 8.63. The van der Waals surface area contributed by atoms with Crippen molar-refractivity contribution in [1.82, 2.24) is 14.6 Å². The van der Waals surface area contributed by atoms with Gasteiger partial charge in [0.05, 0.1) is 0 Å². The molecule has 2 aromatic rings. The number of pyridine rings is 1. The Morgan fingerprint density at radius 2 is 2.33 bits per heavy atom. The van der Waals surface area contributed by atoms with Gasteiger partial charge in [-0.2, -0.15) is 0 Å². The number of thioether (sulfide) groups is 1. The summed E-state index contributed by atoms with van der Waals surface area (Å²) >= 11 is 1.69. The molecule has 0 aliphatic heterocycles. The van der Waals surface area contributed by atoms with Crippen molar-refractivity contribution in [3.63, 3.8) is 0 Å². The van der Waals surface area contributed by atoms with E-state index in [2.05, 4.69) is 17.1 Å². The van der Waals surface area contributed by atoms with Crippen molar-refractivity contribution in [1.29, 1.82) is 0 Å². The van der Waals surface area contributed by atoms with Crippen LogP contribution < -0.4 is 5.73 Å². The summed E-state index contributed by atoms with van der Waals surface area (Å²) in [7, 11) is 0. The molecule has 2 aromatic heterocycles. The minimum atomic E-state index is 0.414. The molecule has 0 amide bonds. The molecule has 0 radical (unpaired) electrons. The lowest BCUT2D eigenvalue weighted by molar-refractivity contribution is 0.813. The molecule has 2 rings (SSSR count). The molecule has 0 fully saturated rings. The van der Waals surface area contributed by atoms with E-state index in [1.54, 1.807) is 11.8 Å². The second-order valence-electron chi connectivity index (χ2n) is 3.30. The Kier molecular flexibility index (Phi) is 3.23. The number of fused-ring (bicyclic) bond motifs is 1. The van der Waals surface area contributed by atoms with Gasteiger partial charge >= 0.3 is 0 Å². The molecule has 2 N–H and O–H groups in total. The maximum Gasteiger partial charge on any atom is 0.195 e. The summed E-state index contributed by atoms with van der Waals surface area (Å²) < 4.78 is 1.99. The van der Waals surface area contributed by atoms with Crippen molar-refractivity contribution >= 4 is 17.4 Å². The third kappa shape index (κ3) is 2.13. The molecule has 0 aliphatic carbocycles. The maximum atomic E-state index is 5.67. The van der Waals surface area contributed by atoms with Gasteiger partial charge < -0.3 is 5.73 Å². The van der Waals surface area contributed by atoms with Crippen molar-refractivity contribution in [2.75, 3.05) is 6.54 Å². The van der Waals surface area contributed by atoms with Gasteiger partial charge in [-0.25, -0.2) is 0 Å². The topological polar surface area (TPSA) is 56.2 Å². The van der Waals surface area contributed by atoms with Crippen LogP contribution in [0.1, 0.15) is 13.3 Å². The number of hydrogen-bond donors (Lipinski definition) is 1. The summed E-state index contributed by atoms with van der Waals surface area (Å²) in [6, 6.07) is 5.88. The summed E-state index contributed by atoms with van der Waals surface area (Å²) in [4.78, 5) is 0. The van der Waals surface area contributed by atoms with E-state index in [1.165, 1.54) is 0 Å². The van der Waals surface area contributed by atoms with Crippen LogP contribution in [0.4, 0.5) is 0 Å². The van der Waals surface area contributed by atoms with Crippen LogP contribution >= 0.6 is 11.8 Å². The molecule has 2 heterocycles. The molecule has 0 aliphatic rings. The normalized spacial score (nSPS) is 13.2. The van der Waals surface area contributed by atoms with Crippen LogP contribution in [0.15, 0.2) is 29.6 Å². The van der Waals surface area contributed by atoms with Gasteiger partial charge in [-0.05, 0) is 18.6 Å². The van der Waals surface area contributed by atoms with Crippen molar-refractivity contribution in [2.24, 2.45) is 5.73 Å². The first-order valence-electron chi connectivity index (χ1n) is 5.01. The summed E-state index contributed by atoms with van der Waals surface area (Å²) in [5, 5.41) is 9.58. The van der Waals surface area contributed by atoms with Crippen molar-refractivity contribution in [3.8, 4) is 0 Å². The third-order valence-electron chi connectivity index (χ3n) is 2.27. The van der Waals surface area contributed by atoms with Crippen molar-refractivity contribution < 1.29 is 0 Å². The number of aromatic nitrogens is 3. The predicted octanol–water partition coefficient (Wildman–Crippen LogP) is 1.56. The van der Waals surface area contributed by atoms with E-state index < -0.39 is 0 Å². The van der Waals surface area contributed by atoms with Gasteiger partial charge in [-0.3, -0.25) is 4.40 Å². The molecular weight excluding hydrogens is 208 g/mol. The SMILES string of the molecule is CCC(CN)Sc1nnc2ccccn12. The summed E-state index contributed by atoms with van der Waals surface area (Å²) in [5.74, 6) is 0. The highest BCUT2D eigenvalue weighted by atomic mass is 32.2. The fourth-order valence-electron chi connectivity index (χ4n) is 1.35. The fraction of sp³-hybridized carbons (Fsp3) is 0.400. The molecule has 5 heteroatoms. The number of nitrogens with zero attached hydrogens (tertiary/aromatic N) is 3. The minimum absolute atomic E-state index is 0.414. The first kappa shape index (κ1) is 10.4. The highest BCUT2D eigenvalue weighted by molar-refractivity contribution is 7.99. The molecule has 1 unspecified atom stereocenters. The van der Waals surface area contributed by atoms with E-state index in [4.69, 9.17) is 5.73 Å². The summed E-state index contributed by atoms with van der Waals surface area (Å²) in [5.41, 5.74) is 6.55. The summed E-state index contributed by atoms with van der Waals surface area (Å²) in [6.07, 6.45) is 3.02. The van der Waals surface area contributed by atoms with Crippen molar-refractivity contribution in [2.45, 2.75) is 23.8 Å². The largest absolute Gasteiger partial charge is 0.329 e. The average Bonchev–Trinajstić information content (AvgIpc) is 2.69. The van der Waals surface area contributed by atoms with Gasteiger partial charge in [0.1, 0.15) is 0 Å². The maximum absolute atomic E-state index is 5.67. The van der Waals surface area contributed by atoms with Gasteiger partial charge in [-0.15, -0.1) is 10.2 Å². The Morgan fingerprint density at radius 3 is 3.07 bits per heavy atom. The Morgan fingerprint density at radius 1 is 1.47 bits per heavy atom. The molecule has 1 atom stereocenters. The molecule has 0 bridgehead atoms. The van der Waals surface area contributed by atoms with E-state index in [0.29, 0.717) is 11.8 Å². The van der Waals surface area contributed by atoms with E-state index >= 15 is 0 Å². The van der Waals surface area contributed by atoms with Gasteiger partial charge in [0.2, 0.25) is 0 Å². The Hall–Kier alpha value is -1.07. The Bertz CT molecular complexity index is 436. The number of hydrogen-bond acceptors (Lipinski definition) is 4. The third-order valence-corrected chi connectivity index (χ3v) is 3.62. The van der Waals surface area contributed by atoms with Crippen LogP contribution in [0.3, 0.4) is 0 Å². The van der Waals surface area contributed by atoms with Gasteiger partial charge in [-0.1, -0.05) is 24.8 Å². The zero-order valence-corrected chi connectivity index (χ0v) is 9.44. The number of rotatable bonds is 4. The first-order chi connectivity index (χ1) is 7.35. The molecular formula is C10H14N4S. The van der Waals surface area contributed by atoms with Gasteiger partial charge in [0.15, 0.2) is 10.8 Å². The van der Waals surface area contributed by atoms with Gasteiger partial charge in [0.25, 0.3) is 0 Å². The van der Waals surface area contributed by atoms with Crippen molar-refractivity contribution in [3.05, 3.63) is 24.4 Å². The Balaban J connectivity index is 2.28. The quantitative estimate of drug-likeness (QED) is 0.798. The lowest BCUT2D eigenvalue weighted by atomic mass is 10.3. The minimum Gasteiger partial charge on any atom is -0.329 e. The standard InChI is InChI=1S/C10H14N4S/c1-2-8(7-11)15-10-13-12-9-5-3-4-6-14(9)10/h3-6,8H,2,7,11H2,1H3. The van der Waals surface area contributed by atoms with E-state index in [9.17, 15) is 0 Å². The lowest BCUT2D eigenvalue weighted by Crippen LogP contribution is -2.15.